The van der Waals surface area contributed by atoms with Gasteiger partial charge < -0.3 is 4.90 Å². The third-order valence-electron chi connectivity index (χ3n) is 9.81. The number of carbonyl (C=O) groups excluding carboxylic acids is 2. The summed E-state index contributed by atoms with van der Waals surface area (Å²) in [6, 6.07) is 10.3. The van der Waals surface area contributed by atoms with Crippen molar-refractivity contribution in [2.24, 2.45) is 40.4 Å². The van der Waals surface area contributed by atoms with Crippen LogP contribution in [0.1, 0.15) is 63.2 Å². The normalized spacial score (nSPS) is 44.9. The molecule has 3 heteroatoms. The van der Waals surface area contributed by atoms with E-state index in [4.69, 9.17) is 0 Å². The highest BCUT2D eigenvalue weighted by Gasteiger charge is 2.63. The average molecular weight is 406 g/mol. The zero-order valence-corrected chi connectivity index (χ0v) is 18.8. The van der Waals surface area contributed by atoms with Crippen molar-refractivity contribution in [2.75, 3.05) is 7.05 Å². The van der Waals surface area contributed by atoms with Crippen molar-refractivity contribution in [1.29, 1.82) is 0 Å². The lowest BCUT2D eigenvalue weighted by Gasteiger charge is -2.60. The van der Waals surface area contributed by atoms with Crippen molar-refractivity contribution >= 4 is 11.7 Å². The zero-order chi connectivity index (χ0) is 21.3. The Morgan fingerprint density at radius 1 is 1.07 bits per heavy atom. The monoisotopic (exact) mass is 405 g/mol. The van der Waals surface area contributed by atoms with Crippen molar-refractivity contribution in [3.05, 3.63) is 48.0 Å². The second-order valence-electron chi connectivity index (χ2n) is 11.1. The Bertz CT molecular complexity index is 891. The van der Waals surface area contributed by atoms with E-state index in [0.29, 0.717) is 35.5 Å². The lowest BCUT2D eigenvalue weighted by Crippen LogP contribution is -2.59. The van der Waals surface area contributed by atoms with E-state index in [1.807, 2.05) is 48.4 Å². The number of carbonyl (C=O) groups is 2. The molecule has 30 heavy (non-hydrogen) atoms. The molecule has 5 rings (SSSR count). The fraction of sp³-hybridized carbons (Fsp3) is 0.630. The molecule has 1 aliphatic heterocycles. The van der Waals surface area contributed by atoms with Gasteiger partial charge in [-0.25, -0.2) is 0 Å². The molecular weight excluding hydrogens is 370 g/mol. The first kappa shape index (κ1) is 20.0. The van der Waals surface area contributed by atoms with Crippen molar-refractivity contribution < 1.29 is 9.59 Å². The third kappa shape index (κ3) is 2.63. The Kier molecular flexibility index (Phi) is 4.54. The summed E-state index contributed by atoms with van der Waals surface area (Å²) in [5, 5.41) is 0. The summed E-state index contributed by atoms with van der Waals surface area (Å²) in [6.07, 6.45) is 9.79. The first-order valence-electron chi connectivity index (χ1n) is 11.8. The number of benzene rings is 1. The molecular formula is C27H35NO2. The van der Waals surface area contributed by atoms with Gasteiger partial charge in [-0.15, -0.1) is 0 Å². The number of ketones is 1. The smallest absolute Gasteiger partial charge is 0.246 e. The molecule has 0 spiro atoms. The lowest BCUT2D eigenvalue weighted by molar-refractivity contribution is -0.138. The maximum absolute atomic E-state index is 13.6. The summed E-state index contributed by atoms with van der Waals surface area (Å²) < 4.78 is 0. The van der Waals surface area contributed by atoms with Gasteiger partial charge in [0.25, 0.3) is 0 Å². The van der Waals surface area contributed by atoms with Gasteiger partial charge in [-0.2, -0.15) is 0 Å². The van der Waals surface area contributed by atoms with E-state index in [9.17, 15) is 9.59 Å². The molecule has 160 valence electrons. The van der Waals surface area contributed by atoms with Gasteiger partial charge in [0.05, 0.1) is 0 Å². The van der Waals surface area contributed by atoms with Crippen LogP contribution in [0.3, 0.4) is 0 Å². The largest absolute Gasteiger partial charge is 0.338 e. The summed E-state index contributed by atoms with van der Waals surface area (Å²) in [7, 11) is 1.98. The topological polar surface area (TPSA) is 37.4 Å². The number of likely N-dealkylation sites (N-methyl/N-ethyl adjacent to an activating group) is 1. The highest BCUT2D eigenvalue weighted by Crippen LogP contribution is 2.67. The van der Waals surface area contributed by atoms with Gasteiger partial charge in [0.2, 0.25) is 5.91 Å². The van der Waals surface area contributed by atoms with Crippen LogP contribution in [-0.2, 0) is 4.79 Å². The lowest BCUT2D eigenvalue weighted by atomic mass is 9.47. The van der Waals surface area contributed by atoms with Crippen LogP contribution in [0.4, 0.5) is 0 Å². The number of nitrogens with zero attached hydrogens (tertiary/aromatic N) is 1. The number of Topliss-reactive ketones (excluding diaryl/α,β-unsaturated/α-hetero) is 1. The second kappa shape index (κ2) is 6.80. The van der Waals surface area contributed by atoms with E-state index in [1.165, 1.54) is 19.3 Å². The summed E-state index contributed by atoms with van der Waals surface area (Å²) in [5.74, 6) is 2.95. The minimum Gasteiger partial charge on any atom is -0.338 e. The van der Waals surface area contributed by atoms with Gasteiger partial charge in [-0.05, 0) is 67.3 Å². The Balaban J connectivity index is 1.47. The van der Waals surface area contributed by atoms with E-state index >= 15 is 0 Å². The standard InChI is InChI=1S/C27H35NO2/c1-17-16-21-19-10-11-22-26(2,15-13-23(29)28(22)4)20(19)12-14-27(21,3)24(17)25(30)18-8-6-5-7-9-18/h5-9,13,15,17,19-22,24H,10-12,14,16H2,1-4H3/t17?,19-,20-,21+,22?,24?,26-,27+/m1/s1. The maximum atomic E-state index is 13.6. The van der Waals surface area contributed by atoms with Crippen LogP contribution in [-0.4, -0.2) is 29.7 Å². The minimum atomic E-state index is 0.0671. The highest BCUT2D eigenvalue weighted by molar-refractivity contribution is 5.98. The van der Waals surface area contributed by atoms with E-state index < -0.39 is 0 Å². The first-order valence-corrected chi connectivity index (χ1v) is 11.8. The minimum absolute atomic E-state index is 0.0671. The van der Waals surface area contributed by atoms with Crippen LogP contribution < -0.4 is 0 Å². The average Bonchev–Trinajstić information content (AvgIpc) is 3.01. The molecule has 4 aliphatic rings. The molecule has 1 heterocycles. The van der Waals surface area contributed by atoms with Gasteiger partial charge in [0.15, 0.2) is 5.78 Å². The fourth-order valence-electron chi connectivity index (χ4n) is 8.44. The van der Waals surface area contributed by atoms with E-state index in [0.717, 1.165) is 18.4 Å². The third-order valence-corrected chi connectivity index (χ3v) is 9.81. The molecule has 1 aromatic carbocycles. The van der Waals surface area contributed by atoms with Crippen LogP contribution in [0.2, 0.25) is 0 Å². The number of hydrogen-bond donors (Lipinski definition) is 0. The molecule has 0 saturated heterocycles. The van der Waals surface area contributed by atoms with Crippen molar-refractivity contribution in [3.63, 3.8) is 0 Å². The highest BCUT2D eigenvalue weighted by atomic mass is 16.2. The van der Waals surface area contributed by atoms with E-state index in [2.05, 4.69) is 26.8 Å². The van der Waals surface area contributed by atoms with Gasteiger partial charge >= 0.3 is 0 Å². The van der Waals surface area contributed by atoms with Crippen molar-refractivity contribution in [3.8, 4) is 0 Å². The molecule has 1 aromatic rings. The van der Waals surface area contributed by atoms with Gasteiger partial charge in [-0.1, -0.05) is 57.2 Å². The van der Waals surface area contributed by atoms with E-state index in [-0.39, 0.29) is 22.7 Å². The quantitative estimate of drug-likeness (QED) is 0.620. The molecule has 3 unspecified atom stereocenters. The Labute approximate surface area is 180 Å². The predicted octanol–water partition coefficient (Wildman–Crippen LogP) is 5.37. The first-order chi connectivity index (χ1) is 14.3. The molecule has 0 bridgehead atoms. The van der Waals surface area contributed by atoms with Crippen molar-refractivity contribution in [2.45, 2.75) is 58.9 Å². The Hall–Kier alpha value is -1.90. The summed E-state index contributed by atoms with van der Waals surface area (Å²) in [5.41, 5.74) is 1.04. The number of rotatable bonds is 2. The van der Waals surface area contributed by atoms with Crippen molar-refractivity contribution in [1.82, 2.24) is 4.90 Å². The molecule has 1 amide bonds. The molecule has 3 aliphatic carbocycles. The molecule has 0 radical (unpaired) electrons. The molecule has 8 atom stereocenters. The fourth-order valence-corrected chi connectivity index (χ4v) is 8.44. The second-order valence-corrected chi connectivity index (χ2v) is 11.1. The Morgan fingerprint density at radius 3 is 2.53 bits per heavy atom. The summed E-state index contributed by atoms with van der Waals surface area (Å²) in [4.78, 5) is 27.9. The molecule has 3 nitrogen and oxygen atoms in total. The SMILES string of the molecule is CC1C[C@H]2[C@@H]3CCC4N(C)C(=O)C=C[C@]4(C)[C@@H]3CC[C@]2(C)C1C(=O)c1ccccc1. The van der Waals surface area contributed by atoms with Crippen LogP contribution >= 0.6 is 0 Å². The summed E-state index contributed by atoms with van der Waals surface area (Å²) in [6.45, 7) is 7.12. The molecule has 0 aromatic heterocycles. The Morgan fingerprint density at radius 2 is 1.80 bits per heavy atom. The predicted molar refractivity (Wildman–Crippen MR) is 119 cm³/mol. The van der Waals surface area contributed by atoms with Crippen LogP contribution in [0, 0.1) is 40.4 Å². The maximum Gasteiger partial charge on any atom is 0.246 e. The van der Waals surface area contributed by atoms with Crippen LogP contribution in [0.25, 0.3) is 0 Å². The zero-order valence-electron chi connectivity index (χ0n) is 18.8. The molecule has 0 N–H and O–H groups in total. The van der Waals surface area contributed by atoms with Gasteiger partial charge in [-0.3, -0.25) is 9.59 Å². The molecule has 3 saturated carbocycles. The molecule has 3 fully saturated rings. The van der Waals surface area contributed by atoms with Gasteiger partial charge in [0, 0.05) is 30.0 Å². The van der Waals surface area contributed by atoms with Crippen LogP contribution in [0.5, 0.6) is 0 Å². The van der Waals surface area contributed by atoms with Gasteiger partial charge in [0.1, 0.15) is 0 Å². The van der Waals surface area contributed by atoms with Crippen LogP contribution in [0.15, 0.2) is 42.5 Å². The summed E-state index contributed by atoms with van der Waals surface area (Å²) >= 11 is 0. The number of fused-ring (bicyclic) bond motifs is 5. The number of hydrogen-bond acceptors (Lipinski definition) is 2. The number of amides is 1. The van der Waals surface area contributed by atoms with E-state index in [1.54, 1.807) is 0 Å².